The number of fused-ring (bicyclic) bond motifs is 4. The third-order valence-electron chi connectivity index (χ3n) is 6.97. The highest BCUT2D eigenvalue weighted by molar-refractivity contribution is 6.23. The number of amides is 1. The molecule has 3 nitrogen and oxygen atoms in total. The van der Waals surface area contributed by atoms with Crippen LogP contribution in [-0.4, -0.2) is 30.0 Å². The molecule has 0 spiro atoms. The molecule has 23 heavy (non-hydrogen) atoms. The van der Waals surface area contributed by atoms with Gasteiger partial charge in [-0.15, -0.1) is 0 Å². The van der Waals surface area contributed by atoms with Crippen LogP contribution in [-0.2, 0) is 4.79 Å². The van der Waals surface area contributed by atoms with E-state index in [1.165, 1.54) is 24.8 Å². The van der Waals surface area contributed by atoms with E-state index in [1.807, 2.05) is 24.3 Å². The fourth-order valence-electron chi connectivity index (χ4n) is 5.45. The Morgan fingerprint density at radius 3 is 2.83 bits per heavy atom. The van der Waals surface area contributed by atoms with E-state index in [-0.39, 0.29) is 5.91 Å². The van der Waals surface area contributed by atoms with Crippen LogP contribution in [0.5, 0.6) is 5.75 Å². The van der Waals surface area contributed by atoms with E-state index in [2.05, 4.69) is 18.7 Å². The summed E-state index contributed by atoms with van der Waals surface area (Å²) in [5, 5.41) is 0. The highest BCUT2D eigenvalue weighted by Crippen LogP contribution is 2.60. The number of carbonyl (C=O) groups is 1. The monoisotopic (exact) mass is 309 g/mol. The smallest absolute Gasteiger partial charge is 0.255 e. The van der Waals surface area contributed by atoms with E-state index >= 15 is 0 Å². The van der Waals surface area contributed by atoms with Gasteiger partial charge in [-0.1, -0.05) is 32.0 Å². The number of benzene rings is 1. The van der Waals surface area contributed by atoms with Gasteiger partial charge in [-0.25, -0.2) is 0 Å². The summed E-state index contributed by atoms with van der Waals surface area (Å²) in [5.74, 6) is 2.63. The van der Waals surface area contributed by atoms with E-state index in [0.29, 0.717) is 24.0 Å². The first-order valence-corrected chi connectivity index (χ1v) is 8.82. The minimum Gasteiger partial charge on any atom is -0.488 e. The zero-order valence-electron chi connectivity index (χ0n) is 13.8. The lowest BCUT2D eigenvalue weighted by Gasteiger charge is -2.61. The Morgan fingerprint density at radius 2 is 2.04 bits per heavy atom. The first kappa shape index (κ1) is 13.6. The summed E-state index contributed by atoms with van der Waals surface area (Å²) < 4.78 is 5.86. The van der Waals surface area contributed by atoms with E-state index < -0.39 is 0 Å². The second-order valence-corrected chi connectivity index (χ2v) is 8.20. The van der Waals surface area contributed by atoms with E-state index in [4.69, 9.17) is 4.74 Å². The lowest BCUT2D eigenvalue weighted by Crippen LogP contribution is -2.60. The normalized spacial score (nSPS) is 33.7. The number of rotatable bonds is 1. The number of hydrogen-bond acceptors (Lipinski definition) is 2. The fraction of sp³-hybridized carbons (Fsp3) is 0.550. The molecular weight excluding hydrogens is 286 g/mol. The van der Waals surface area contributed by atoms with Crippen LogP contribution < -0.4 is 4.74 Å². The lowest BCUT2D eigenvalue weighted by molar-refractivity contribution is -0.144. The van der Waals surface area contributed by atoms with Gasteiger partial charge in [-0.05, 0) is 48.2 Å². The van der Waals surface area contributed by atoms with Crippen LogP contribution in [0.15, 0.2) is 29.8 Å². The Kier molecular flexibility index (Phi) is 2.61. The molecule has 0 N–H and O–H groups in total. The van der Waals surface area contributed by atoms with Gasteiger partial charge in [0.15, 0.2) is 0 Å². The molecule has 5 aliphatic rings. The fourth-order valence-corrected chi connectivity index (χ4v) is 5.45. The Balaban J connectivity index is 1.48. The molecule has 3 atom stereocenters. The summed E-state index contributed by atoms with van der Waals surface area (Å²) in [7, 11) is 0. The van der Waals surface area contributed by atoms with Gasteiger partial charge < -0.3 is 9.64 Å². The van der Waals surface area contributed by atoms with E-state index in [1.54, 1.807) is 0 Å². The maximum absolute atomic E-state index is 13.2. The minimum absolute atomic E-state index is 0.238. The summed E-state index contributed by atoms with van der Waals surface area (Å²) in [6.07, 6.45) is 3.75. The van der Waals surface area contributed by atoms with Crippen molar-refractivity contribution in [2.75, 3.05) is 13.2 Å². The van der Waals surface area contributed by atoms with Crippen molar-refractivity contribution in [3.8, 4) is 5.75 Å². The van der Waals surface area contributed by atoms with Gasteiger partial charge in [0.05, 0.1) is 5.57 Å². The molecule has 6 rings (SSSR count). The van der Waals surface area contributed by atoms with Crippen LogP contribution >= 0.6 is 0 Å². The molecular formula is C20H23NO2. The van der Waals surface area contributed by atoms with Gasteiger partial charge in [0.1, 0.15) is 12.4 Å². The molecule has 0 unspecified atom stereocenters. The third-order valence-corrected chi connectivity index (χ3v) is 6.97. The second kappa shape index (κ2) is 4.40. The second-order valence-electron chi connectivity index (χ2n) is 8.20. The van der Waals surface area contributed by atoms with Crippen LogP contribution in [0.25, 0.3) is 5.57 Å². The summed E-state index contributed by atoms with van der Waals surface area (Å²) in [6.45, 7) is 6.12. The highest BCUT2D eigenvalue weighted by Gasteiger charge is 2.57. The molecule has 3 heteroatoms. The molecule has 3 saturated carbocycles. The molecule has 0 saturated heterocycles. The van der Waals surface area contributed by atoms with Gasteiger partial charge in [0.2, 0.25) is 0 Å². The SMILES string of the molecule is CC1(C)[C@@H]2CC[C@@H](N3CC4=C(C3=O)c3ccccc3OC4)[C@H]1C2. The van der Waals surface area contributed by atoms with Crippen molar-refractivity contribution in [1.29, 1.82) is 0 Å². The van der Waals surface area contributed by atoms with Gasteiger partial charge in [-0.3, -0.25) is 4.79 Å². The largest absolute Gasteiger partial charge is 0.488 e. The topological polar surface area (TPSA) is 29.5 Å². The molecule has 1 aromatic carbocycles. The van der Waals surface area contributed by atoms with Crippen LogP contribution in [0.1, 0.15) is 38.7 Å². The molecule has 2 aliphatic heterocycles. The maximum Gasteiger partial charge on any atom is 0.255 e. The van der Waals surface area contributed by atoms with Crippen molar-refractivity contribution in [2.45, 2.75) is 39.2 Å². The van der Waals surface area contributed by atoms with Crippen molar-refractivity contribution in [3.63, 3.8) is 0 Å². The standard InChI is InChI=1S/C20H23NO2/c1-20(2)13-7-8-16(15(20)9-13)21-10-12-11-23-17-6-4-3-5-14(17)18(12)19(21)22/h3-6,13,15-16H,7-11H2,1-2H3/t13-,15-,16-/m1/s1. The van der Waals surface area contributed by atoms with Crippen molar-refractivity contribution in [3.05, 3.63) is 35.4 Å². The number of nitrogens with zero attached hydrogens (tertiary/aromatic N) is 1. The number of ether oxygens (including phenoxy) is 1. The summed E-state index contributed by atoms with van der Waals surface area (Å²) in [5.41, 5.74) is 3.49. The predicted octanol–water partition coefficient (Wildman–Crippen LogP) is 3.50. The van der Waals surface area contributed by atoms with Gasteiger partial charge in [0, 0.05) is 18.2 Å². The van der Waals surface area contributed by atoms with Crippen LogP contribution in [0.3, 0.4) is 0 Å². The minimum atomic E-state index is 0.238. The van der Waals surface area contributed by atoms with Crippen LogP contribution in [0.2, 0.25) is 0 Å². The summed E-state index contributed by atoms with van der Waals surface area (Å²) in [4.78, 5) is 15.4. The Morgan fingerprint density at radius 1 is 1.22 bits per heavy atom. The molecule has 120 valence electrons. The first-order valence-electron chi connectivity index (χ1n) is 8.82. The first-order chi connectivity index (χ1) is 11.1. The Hall–Kier alpha value is -1.77. The van der Waals surface area contributed by atoms with Crippen molar-refractivity contribution in [1.82, 2.24) is 4.90 Å². The average Bonchev–Trinajstić information content (AvgIpc) is 2.92. The molecule has 3 fully saturated rings. The molecule has 0 radical (unpaired) electrons. The highest BCUT2D eigenvalue weighted by atomic mass is 16.5. The molecule has 1 aromatic rings. The predicted molar refractivity (Wildman–Crippen MR) is 89.0 cm³/mol. The molecule has 0 aromatic heterocycles. The molecule has 1 amide bonds. The van der Waals surface area contributed by atoms with Crippen molar-refractivity contribution in [2.24, 2.45) is 17.3 Å². The van der Waals surface area contributed by atoms with E-state index in [0.717, 1.165) is 29.3 Å². The summed E-state index contributed by atoms with van der Waals surface area (Å²) >= 11 is 0. The van der Waals surface area contributed by atoms with E-state index in [9.17, 15) is 4.79 Å². The molecule has 3 aliphatic carbocycles. The van der Waals surface area contributed by atoms with Crippen LogP contribution in [0, 0.1) is 17.3 Å². The average molecular weight is 309 g/mol. The zero-order chi connectivity index (χ0) is 15.8. The number of para-hydroxylation sites is 1. The number of carbonyl (C=O) groups excluding carboxylic acids is 1. The third kappa shape index (κ3) is 1.68. The van der Waals surface area contributed by atoms with Crippen LogP contribution in [0.4, 0.5) is 0 Å². The maximum atomic E-state index is 13.2. The van der Waals surface area contributed by atoms with Gasteiger partial charge in [-0.2, -0.15) is 0 Å². The lowest BCUT2D eigenvalue weighted by atomic mass is 9.47. The zero-order valence-corrected chi connectivity index (χ0v) is 13.8. The van der Waals surface area contributed by atoms with Gasteiger partial charge >= 0.3 is 0 Å². The molecule has 2 heterocycles. The van der Waals surface area contributed by atoms with Gasteiger partial charge in [0.25, 0.3) is 5.91 Å². The van der Waals surface area contributed by atoms with Crippen molar-refractivity contribution < 1.29 is 9.53 Å². The number of hydrogen-bond donors (Lipinski definition) is 0. The quantitative estimate of drug-likeness (QED) is 0.794. The Bertz CT molecular complexity index is 731. The molecule has 2 bridgehead atoms. The van der Waals surface area contributed by atoms with Crippen molar-refractivity contribution >= 4 is 11.5 Å². The summed E-state index contributed by atoms with van der Waals surface area (Å²) in [6, 6.07) is 8.37. The Labute approximate surface area is 137 Å².